The molecule has 0 aliphatic rings. The fraction of sp³-hybridized carbons (Fsp3) is 0.417. The Hall–Kier alpha value is -1.53. The molecule has 4 nitrogen and oxygen atoms in total. The Balaban J connectivity index is 2.63. The third-order valence-corrected chi connectivity index (χ3v) is 2.36. The van der Waals surface area contributed by atoms with E-state index in [4.69, 9.17) is 11.5 Å². The van der Waals surface area contributed by atoms with Crippen LogP contribution in [0, 0.1) is 0 Å². The van der Waals surface area contributed by atoms with Crippen LogP contribution in [0.2, 0.25) is 0 Å². The van der Waals surface area contributed by atoms with Crippen LogP contribution >= 0.6 is 0 Å². The van der Waals surface area contributed by atoms with Crippen molar-refractivity contribution in [2.75, 3.05) is 6.54 Å². The molecule has 0 heterocycles. The molecule has 1 aromatic carbocycles. The average molecular weight is 258 g/mol. The topological polar surface area (TPSA) is 78.3 Å². The Bertz CT molecular complexity index is 385. The molecule has 100 valence electrons. The summed E-state index contributed by atoms with van der Waals surface area (Å²) in [7, 11) is 0. The van der Waals surface area contributed by atoms with Crippen molar-refractivity contribution in [2.45, 2.75) is 25.0 Å². The minimum Gasteiger partial charge on any atom is -0.396 e. The molecule has 0 aliphatic carbocycles. The molecule has 1 aromatic rings. The van der Waals surface area contributed by atoms with E-state index in [1.54, 1.807) is 6.07 Å². The van der Waals surface area contributed by atoms with Crippen LogP contribution in [0.5, 0.6) is 0 Å². The number of halogens is 2. The fourth-order valence-corrected chi connectivity index (χ4v) is 1.35. The number of esters is 1. The molecule has 0 radical (unpaired) electrons. The number of hydrogen-bond donors (Lipinski definition) is 2. The molecule has 0 aromatic heterocycles. The van der Waals surface area contributed by atoms with E-state index in [1.807, 2.05) is 0 Å². The Morgan fingerprint density at radius 2 is 1.94 bits per heavy atom. The molecule has 6 heteroatoms. The van der Waals surface area contributed by atoms with Gasteiger partial charge in [-0.1, -0.05) is 18.2 Å². The lowest BCUT2D eigenvalue weighted by atomic mass is 10.1. The molecule has 0 saturated heterocycles. The van der Waals surface area contributed by atoms with Crippen molar-refractivity contribution in [3.8, 4) is 0 Å². The van der Waals surface area contributed by atoms with Crippen molar-refractivity contribution >= 4 is 5.97 Å². The molecule has 0 spiro atoms. The van der Waals surface area contributed by atoms with E-state index < -0.39 is 18.1 Å². The van der Waals surface area contributed by atoms with Gasteiger partial charge in [-0.3, -0.25) is 4.79 Å². The van der Waals surface area contributed by atoms with Gasteiger partial charge in [0.2, 0.25) is 0 Å². The third-order valence-electron chi connectivity index (χ3n) is 2.36. The van der Waals surface area contributed by atoms with E-state index in [-0.39, 0.29) is 12.0 Å². The van der Waals surface area contributed by atoms with Crippen molar-refractivity contribution < 1.29 is 18.3 Å². The lowest BCUT2D eigenvalue weighted by Crippen LogP contribution is -2.36. The molecular formula is C12H16F2N2O2. The van der Waals surface area contributed by atoms with E-state index in [1.165, 1.54) is 24.3 Å². The summed E-state index contributed by atoms with van der Waals surface area (Å²) in [6.45, 7) is 0.343. The summed E-state index contributed by atoms with van der Waals surface area (Å²) in [4.78, 5) is 11.4. The first kappa shape index (κ1) is 14.5. The SMILES string of the molecule is NCCC[C@H](N)C(=O)OC(F)(F)c1ccccc1. The second kappa shape index (κ2) is 6.42. The second-order valence-corrected chi connectivity index (χ2v) is 3.84. The standard InChI is InChI=1S/C12H16F2N2O2/c13-12(14,9-5-2-1-3-6-9)18-11(17)10(16)7-4-8-15/h1-3,5-6,10H,4,7-8,15-16H2/t10-/m0/s1. The number of carbonyl (C=O) groups is 1. The maximum Gasteiger partial charge on any atom is 0.428 e. The van der Waals surface area contributed by atoms with Crippen molar-refractivity contribution in [2.24, 2.45) is 11.5 Å². The van der Waals surface area contributed by atoms with E-state index in [0.717, 1.165) is 0 Å². The minimum absolute atomic E-state index is 0.222. The summed E-state index contributed by atoms with van der Waals surface area (Å²) in [5, 5.41) is 0. The van der Waals surface area contributed by atoms with Crippen molar-refractivity contribution in [1.29, 1.82) is 0 Å². The highest BCUT2D eigenvalue weighted by atomic mass is 19.3. The molecule has 0 aliphatic heterocycles. The number of rotatable bonds is 6. The first-order valence-electron chi connectivity index (χ1n) is 5.59. The molecular weight excluding hydrogens is 242 g/mol. The largest absolute Gasteiger partial charge is 0.428 e. The van der Waals surface area contributed by atoms with Gasteiger partial charge >= 0.3 is 12.1 Å². The second-order valence-electron chi connectivity index (χ2n) is 3.84. The van der Waals surface area contributed by atoms with Crippen LogP contribution in [-0.2, 0) is 15.6 Å². The quantitative estimate of drug-likeness (QED) is 0.755. The Morgan fingerprint density at radius 1 is 1.33 bits per heavy atom. The zero-order valence-electron chi connectivity index (χ0n) is 9.81. The predicted octanol–water partition coefficient (Wildman–Crippen LogP) is 1.35. The molecule has 0 fully saturated rings. The van der Waals surface area contributed by atoms with Gasteiger partial charge in [0.15, 0.2) is 0 Å². The maximum atomic E-state index is 13.6. The Kier molecular flexibility index (Phi) is 5.18. The van der Waals surface area contributed by atoms with Gasteiger partial charge in [-0.25, -0.2) is 0 Å². The normalized spacial score (nSPS) is 13.1. The van der Waals surface area contributed by atoms with E-state index in [0.29, 0.717) is 13.0 Å². The molecule has 1 atom stereocenters. The number of alkyl halides is 2. The van der Waals surface area contributed by atoms with Crippen LogP contribution < -0.4 is 11.5 Å². The smallest absolute Gasteiger partial charge is 0.396 e. The van der Waals surface area contributed by atoms with Gasteiger partial charge in [0, 0.05) is 0 Å². The zero-order chi connectivity index (χ0) is 13.6. The number of benzene rings is 1. The summed E-state index contributed by atoms with van der Waals surface area (Å²) < 4.78 is 31.3. The number of ether oxygens (including phenoxy) is 1. The average Bonchev–Trinajstić information content (AvgIpc) is 2.36. The van der Waals surface area contributed by atoms with Gasteiger partial charge in [0.1, 0.15) is 6.04 Å². The number of hydrogen-bond acceptors (Lipinski definition) is 4. The molecule has 0 bridgehead atoms. The Morgan fingerprint density at radius 3 is 2.50 bits per heavy atom. The third kappa shape index (κ3) is 4.05. The van der Waals surface area contributed by atoms with E-state index in [9.17, 15) is 13.6 Å². The van der Waals surface area contributed by atoms with Crippen LogP contribution in [0.3, 0.4) is 0 Å². The van der Waals surface area contributed by atoms with Crippen LogP contribution in [0.4, 0.5) is 8.78 Å². The number of nitrogens with two attached hydrogens (primary N) is 2. The van der Waals surface area contributed by atoms with Gasteiger partial charge in [-0.05, 0) is 31.5 Å². The monoisotopic (exact) mass is 258 g/mol. The van der Waals surface area contributed by atoms with Gasteiger partial charge in [-0.15, -0.1) is 0 Å². The van der Waals surface area contributed by atoms with Gasteiger partial charge < -0.3 is 16.2 Å². The van der Waals surface area contributed by atoms with Crippen LogP contribution in [0.1, 0.15) is 18.4 Å². The molecule has 1 rings (SSSR count). The lowest BCUT2D eigenvalue weighted by Gasteiger charge is -2.19. The van der Waals surface area contributed by atoms with Gasteiger partial charge in [-0.2, -0.15) is 8.78 Å². The van der Waals surface area contributed by atoms with Crippen molar-refractivity contribution in [3.05, 3.63) is 35.9 Å². The summed E-state index contributed by atoms with van der Waals surface area (Å²) in [5.74, 6) is -1.13. The van der Waals surface area contributed by atoms with Crippen LogP contribution in [0.15, 0.2) is 30.3 Å². The van der Waals surface area contributed by atoms with Gasteiger partial charge in [0.05, 0.1) is 5.56 Å². The van der Waals surface area contributed by atoms with E-state index >= 15 is 0 Å². The lowest BCUT2D eigenvalue weighted by molar-refractivity contribution is -0.241. The molecule has 4 N–H and O–H groups in total. The highest BCUT2D eigenvalue weighted by Crippen LogP contribution is 2.29. The van der Waals surface area contributed by atoms with Crippen molar-refractivity contribution in [1.82, 2.24) is 0 Å². The predicted molar refractivity (Wildman–Crippen MR) is 62.7 cm³/mol. The van der Waals surface area contributed by atoms with Crippen molar-refractivity contribution in [3.63, 3.8) is 0 Å². The van der Waals surface area contributed by atoms with Gasteiger partial charge in [0.25, 0.3) is 0 Å². The molecule has 0 saturated carbocycles. The first-order chi connectivity index (χ1) is 8.47. The van der Waals surface area contributed by atoms with Crippen LogP contribution in [0.25, 0.3) is 0 Å². The van der Waals surface area contributed by atoms with Crippen LogP contribution in [-0.4, -0.2) is 18.6 Å². The Labute approximate surface area is 104 Å². The molecule has 0 amide bonds. The minimum atomic E-state index is -3.67. The summed E-state index contributed by atoms with van der Waals surface area (Å²) in [6.07, 6.45) is -2.97. The van der Waals surface area contributed by atoms with E-state index in [2.05, 4.69) is 4.74 Å². The highest BCUT2D eigenvalue weighted by molar-refractivity contribution is 5.75. The summed E-state index contributed by atoms with van der Waals surface area (Å²) in [5.41, 5.74) is 10.3. The summed E-state index contributed by atoms with van der Waals surface area (Å²) >= 11 is 0. The first-order valence-corrected chi connectivity index (χ1v) is 5.59. The molecule has 0 unspecified atom stereocenters. The highest BCUT2D eigenvalue weighted by Gasteiger charge is 2.37. The maximum absolute atomic E-state index is 13.6. The number of carbonyl (C=O) groups excluding carboxylic acids is 1. The zero-order valence-corrected chi connectivity index (χ0v) is 9.81. The molecule has 18 heavy (non-hydrogen) atoms. The fourth-order valence-electron chi connectivity index (χ4n) is 1.35. The summed E-state index contributed by atoms with van der Waals surface area (Å²) in [6, 6.07) is 5.74.